The normalized spacial score (nSPS) is 16.1. The summed E-state index contributed by atoms with van der Waals surface area (Å²) in [5.41, 5.74) is 3.65. The molecule has 2 heteroatoms. The van der Waals surface area contributed by atoms with Gasteiger partial charge in [0.15, 0.2) is 0 Å². The lowest BCUT2D eigenvalue weighted by atomic mass is 9.97. The van der Waals surface area contributed by atoms with Crippen LogP contribution in [0.25, 0.3) is 0 Å². The number of aromatic hydroxyl groups is 1. The van der Waals surface area contributed by atoms with Crippen molar-refractivity contribution in [3.8, 4) is 5.75 Å². The average Bonchev–Trinajstić information content (AvgIpc) is 3.23. The molecule has 0 amide bonds. The Kier molecular flexibility index (Phi) is 3.75. The molecule has 1 aliphatic carbocycles. The molecule has 1 atom stereocenters. The van der Waals surface area contributed by atoms with Crippen LogP contribution in [-0.4, -0.2) is 11.7 Å². The number of phenols is 1. The maximum atomic E-state index is 9.73. The smallest absolute Gasteiger partial charge is 0.115 e. The van der Waals surface area contributed by atoms with Gasteiger partial charge < -0.3 is 10.4 Å². The van der Waals surface area contributed by atoms with E-state index in [2.05, 4.69) is 42.6 Å². The van der Waals surface area contributed by atoms with Gasteiger partial charge in [-0.15, -0.1) is 0 Å². The molecule has 2 aromatic carbocycles. The molecule has 0 aliphatic heterocycles. The van der Waals surface area contributed by atoms with E-state index in [0.29, 0.717) is 5.75 Å². The Hall–Kier alpha value is -1.80. The molecule has 1 fully saturated rings. The van der Waals surface area contributed by atoms with Crippen molar-refractivity contribution in [1.82, 2.24) is 5.32 Å². The highest BCUT2D eigenvalue weighted by Crippen LogP contribution is 2.31. The Labute approximate surface area is 120 Å². The Morgan fingerprint density at radius 1 is 1.10 bits per heavy atom. The van der Waals surface area contributed by atoms with Gasteiger partial charge in [0, 0.05) is 0 Å². The van der Waals surface area contributed by atoms with Crippen LogP contribution in [0.4, 0.5) is 0 Å². The largest absolute Gasteiger partial charge is 0.508 e. The molecule has 20 heavy (non-hydrogen) atoms. The molecule has 3 rings (SSSR count). The third-order valence-electron chi connectivity index (χ3n) is 3.89. The third-order valence-corrected chi connectivity index (χ3v) is 3.89. The minimum absolute atomic E-state index is 0.155. The number of rotatable bonds is 5. The minimum atomic E-state index is 0.155. The van der Waals surface area contributed by atoms with Gasteiger partial charge in [0.05, 0.1) is 6.04 Å². The van der Waals surface area contributed by atoms with Crippen LogP contribution in [0.2, 0.25) is 0 Å². The van der Waals surface area contributed by atoms with Crippen LogP contribution in [0.5, 0.6) is 5.75 Å². The summed E-state index contributed by atoms with van der Waals surface area (Å²) in [5.74, 6) is 1.16. The van der Waals surface area contributed by atoms with Crippen molar-refractivity contribution in [3.05, 3.63) is 65.2 Å². The summed E-state index contributed by atoms with van der Waals surface area (Å²) in [6, 6.07) is 16.3. The lowest BCUT2D eigenvalue weighted by Crippen LogP contribution is -2.24. The van der Waals surface area contributed by atoms with Crippen molar-refractivity contribution < 1.29 is 5.11 Å². The fourth-order valence-electron chi connectivity index (χ4n) is 2.59. The quantitative estimate of drug-likeness (QED) is 0.864. The van der Waals surface area contributed by atoms with Crippen molar-refractivity contribution in [3.63, 3.8) is 0 Å². The zero-order valence-corrected chi connectivity index (χ0v) is 11.8. The molecule has 0 radical (unpaired) electrons. The van der Waals surface area contributed by atoms with Crippen molar-refractivity contribution in [2.75, 3.05) is 6.54 Å². The molecule has 1 unspecified atom stereocenters. The summed E-state index contributed by atoms with van der Waals surface area (Å²) in [7, 11) is 0. The predicted octanol–water partition coefficient (Wildman–Crippen LogP) is 3.79. The topological polar surface area (TPSA) is 32.3 Å². The second kappa shape index (κ2) is 5.68. The summed E-state index contributed by atoms with van der Waals surface area (Å²) in [5, 5.41) is 13.4. The molecule has 0 heterocycles. The van der Waals surface area contributed by atoms with E-state index in [-0.39, 0.29) is 6.04 Å². The molecule has 1 aliphatic rings. The molecule has 2 aromatic rings. The summed E-state index contributed by atoms with van der Waals surface area (Å²) in [6.45, 7) is 3.16. The van der Waals surface area contributed by atoms with E-state index in [9.17, 15) is 5.11 Å². The van der Waals surface area contributed by atoms with E-state index in [1.165, 1.54) is 24.0 Å². The van der Waals surface area contributed by atoms with Crippen LogP contribution in [-0.2, 0) is 0 Å². The number of hydrogen-bond donors (Lipinski definition) is 2. The van der Waals surface area contributed by atoms with Crippen LogP contribution in [0.15, 0.2) is 48.5 Å². The number of benzene rings is 2. The Morgan fingerprint density at radius 3 is 2.45 bits per heavy atom. The van der Waals surface area contributed by atoms with Crippen molar-refractivity contribution in [2.45, 2.75) is 25.8 Å². The first kappa shape index (κ1) is 13.2. The van der Waals surface area contributed by atoms with Gasteiger partial charge in [-0.05, 0) is 55.5 Å². The van der Waals surface area contributed by atoms with Crippen LogP contribution in [0.3, 0.4) is 0 Å². The van der Waals surface area contributed by atoms with Crippen LogP contribution >= 0.6 is 0 Å². The van der Waals surface area contributed by atoms with E-state index in [1.54, 1.807) is 6.07 Å². The Bertz CT molecular complexity index is 544. The first-order valence-electron chi connectivity index (χ1n) is 7.31. The van der Waals surface area contributed by atoms with E-state index in [1.807, 2.05) is 12.1 Å². The van der Waals surface area contributed by atoms with Crippen molar-refractivity contribution in [1.29, 1.82) is 0 Å². The number of aryl methyl sites for hydroxylation is 1. The molecule has 0 saturated heterocycles. The van der Waals surface area contributed by atoms with Crippen LogP contribution < -0.4 is 5.32 Å². The molecule has 2 nitrogen and oxygen atoms in total. The van der Waals surface area contributed by atoms with Gasteiger partial charge >= 0.3 is 0 Å². The zero-order valence-electron chi connectivity index (χ0n) is 11.8. The molecule has 2 N–H and O–H groups in total. The van der Waals surface area contributed by atoms with Crippen molar-refractivity contribution in [2.24, 2.45) is 5.92 Å². The van der Waals surface area contributed by atoms with Gasteiger partial charge in [-0.25, -0.2) is 0 Å². The Morgan fingerprint density at radius 2 is 1.80 bits per heavy atom. The van der Waals surface area contributed by atoms with Gasteiger partial charge in [-0.3, -0.25) is 0 Å². The van der Waals surface area contributed by atoms with E-state index < -0.39 is 0 Å². The molecule has 104 valence electrons. The van der Waals surface area contributed by atoms with E-state index in [4.69, 9.17) is 0 Å². The fourth-order valence-corrected chi connectivity index (χ4v) is 2.59. The lowest BCUT2D eigenvalue weighted by Gasteiger charge is -2.20. The highest BCUT2D eigenvalue weighted by atomic mass is 16.3. The minimum Gasteiger partial charge on any atom is -0.508 e. The van der Waals surface area contributed by atoms with Crippen molar-refractivity contribution >= 4 is 0 Å². The lowest BCUT2D eigenvalue weighted by molar-refractivity contribution is 0.472. The van der Waals surface area contributed by atoms with Gasteiger partial charge in [0.1, 0.15) is 5.75 Å². The summed E-state index contributed by atoms with van der Waals surface area (Å²) in [6.07, 6.45) is 2.68. The summed E-state index contributed by atoms with van der Waals surface area (Å²) >= 11 is 0. The van der Waals surface area contributed by atoms with Gasteiger partial charge in [0.25, 0.3) is 0 Å². The monoisotopic (exact) mass is 267 g/mol. The van der Waals surface area contributed by atoms with Gasteiger partial charge in [0.2, 0.25) is 0 Å². The first-order valence-corrected chi connectivity index (χ1v) is 7.31. The maximum absolute atomic E-state index is 9.73. The predicted molar refractivity (Wildman–Crippen MR) is 81.9 cm³/mol. The van der Waals surface area contributed by atoms with Gasteiger partial charge in [-0.1, -0.05) is 42.0 Å². The van der Waals surface area contributed by atoms with Crippen LogP contribution in [0, 0.1) is 12.8 Å². The molecule has 1 saturated carbocycles. The summed E-state index contributed by atoms with van der Waals surface area (Å²) in [4.78, 5) is 0. The molecule has 0 spiro atoms. The molecule has 0 bridgehead atoms. The third kappa shape index (κ3) is 3.20. The maximum Gasteiger partial charge on any atom is 0.115 e. The molecule has 0 aromatic heterocycles. The second-order valence-corrected chi connectivity index (χ2v) is 5.79. The first-order chi connectivity index (χ1) is 9.72. The van der Waals surface area contributed by atoms with E-state index >= 15 is 0 Å². The van der Waals surface area contributed by atoms with Gasteiger partial charge in [-0.2, -0.15) is 0 Å². The highest BCUT2D eigenvalue weighted by Gasteiger charge is 2.23. The molecular weight excluding hydrogens is 246 g/mol. The highest BCUT2D eigenvalue weighted by molar-refractivity contribution is 5.37. The fraction of sp³-hybridized carbons (Fsp3) is 0.333. The molecular formula is C18H21NO. The SMILES string of the molecule is Cc1cccc(C(NCC2CC2)c2cccc(O)c2)c1. The number of hydrogen-bond acceptors (Lipinski definition) is 2. The number of phenolic OH excluding ortho intramolecular Hbond substituents is 1. The standard InChI is InChI=1S/C18H21NO/c1-13-4-2-5-15(10-13)18(19-12-14-8-9-14)16-6-3-7-17(20)11-16/h2-7,10-11,14,18-20H,8-9,12H2,1H3. The summed E-state index contributed by atoms with van der Waals surface area (Å²) < 4.78 is 0. The van der Waals surface area contributed by atoms with Crippen LogP contribution in [0.1, 0.15) is 35.6 Å². The second-order valence-electron chi connectivity index (χ2n) is 5.79. The number of nitrogens with one attached hydrogen (secondary N) is 1. The Balaban J connectivity index is 1.89. The zero-order chi connectivity index (χ0) is 13.9. The van der Waals surface area contributed by atoms with E-state index in [0.717, 1.165) is 18.0 Å². The average molecular weight is 267 g/mol.